The van der Waals surface area contributed by atoms with Gasteiger partial charge in [0.25, 0.3) is 0 Å². The van der Waals surface area contributed by atoms with E-state index in [4.69, 9.17) is 10.5 Å². The molecule has 1 aliphatic rings. The molecule has 1 saturated carbocycles. The first-order valence-electron chi connectivity index (χ1n) is 7.36. The number of nitrogens with two attached hydrogens (primary N) is 1. The molecular formula is C15H25N3O. The van der Waals surface area contributed by atoms with Crippen molar-refractivity contribution in [3.05, 3.63) is 12.1 Å². The van der Waals surface area contributed by atoms with Crippen LogP contribution in [0.4, 0.5) is 11.5 Å². The maximum Gasteiger partial charge on any atom is 0.239 e. The molecule has 1 fully saturated rings. The number of hydrogen-bond donors (Lipinski definition) is 2. The van der Waals surface area contributed by atoms with Crippen LogP contribution in [0.2, 0.25) is 0 Å². The van der Waals surface area contributed by atoms with Crippen LogP contribution in [0, 0.1) is 11.8 Å². The summed E-state index contributed by atoms with van der Waals surface area (Å²) < 4.78 is 5.68. The molecule has 1 aromatic rings. The first-order chi connectivity index (χ1) is 9.22. The molecule has 0 bridgehead atoms. The molecule has 0 aromatic carbocycles. The number of ether oxygens (including phenoxy) is 1. The molecule has 106 valence electrons. The summed E-state index contributed by atoms with van der Waals surface area (Å²) in [6.07, 6.45) is 4.91. The summed E-state index contributed by atoms with van der Waals surface area (Å²) in [6, 6.07) is 3.78. The van der Waals surface area contributed by atoms with E-state index in [0.29, 0.717) is 23.4 Å². The van der Waals surface area contributed by atoms with E-state index in [2.05, 4.69) is 24.1 Å². The minimum Gasteiger partial charge on any atom is -0.476 e. The van der Waals surface area contributed by atoms with Gasteiger partial charge in [0, 0.05) is 6.54 Å². The largest absolute Gasteiger partial charge is 0.476 e. The van der Waals surface area contributed by atoms with Crippen LogP contribution in [-0.2, 0) is 0 Å². The zero-order valence-corrected chi connectivity index (χ0v) is 12.0. The summed E-state index contributed by atoms with van der Waals surface area (Å²) in [5.41, 5.74) is 6.51. The number of nitrogens with one attached hydrogen (secondary N) is 1. The molecule has 19 heavy (non-hydrogen) atoms. The molecule has 0 radical (unpaired) electrons. The fraction of sp³-hybridized carbons (Fsp3) is 0.667. The van der Waals surface area contributed by atoms with Crippen LogP contribution < -0.4 is 15.8 Å². The standard InChI is InChI=1S/C15H25N3O/c1-3-11(4-2)9-17-14-8-7-13(16)15(18-14)19-10-12-5-6-12/h7-8,11-12H,3-6,9-10,16H2,1-2H3,(H,17,18). The fourth-order valence-corrected chi connectivity index (χ4v) is 1.97. The lowest BCUT2D eigenvalue weighted by Gasteiger charge is -2.15. The summed E-state index contributed by atoms with van der Waals surface area (Å²) in [5, 5.41) is 3.37. The Morgan fingerprint density at radius 3 is 2.74 bits per heavy atom. The minimum absolute atomic E-state index is 0.571. The maximum atomic E-state index is 5.89. The Balaban J connectivity index is 1.90. The van der Waals surface area contributed by atoms with Gasteiger partial charge in [-0.2, -0.15) is 4.98 Å². The van der Waals surface area contributed by atoms with E-state index < -0.39 is 0 Å². The van der Waals surface area contributed by atoms with Gasteiger partial charge in [-0.1, -0.05) is 26.7 Å². The van der Waals surface area contributed by atoms with Crippen LogP contribution in [0.15, 0.2) is 12.1 Å². The number of nitrogens with zero attached hydrogens (tertiary/aromatic N) is 1. The van der Waals surface area contributed by atoms with E-state index >= 15 is 0 Å². The average Bonchev–Trinajstić information content (AvgIpc) is 3.24. The molecule has 4 nitrogen and oxygen atoms in total. The van der Waals surface area contributed by atoms with Gasteiger partial charge >= 0.3 is 0 Å². The van der Waals surface area contributed by atoms with Gasteiger partial charge in [0.15, 0.2) is 0 Å². The molecule has 4 heteroatoms. The Bertz CT molecular complexity index is 400. The lowest BCUT2D eigenvalue weighted by Crippen LogP contribution is -2.14. The van der Waals surface area contributed by atoms with Gasteiger partial charge < -0.3 is 15.8 Å². The molecule has 1 aromatic heterocycles. The zero-order chi connectivity index (χ0) is 13.7. The van der Waals surface area contributed by atoms with E-state index in [0.717, 1.165) is 19.0 Å². The Labute approximate surface area is 115 Å². The second-order valence-electron chi connectivity index (χ2n) is 5.41. The number of nitrogen functional groups attached to an aromatic ring is 1. The van der Waals surface area contributed by atoms with Crippen LogP contribution in [-0.4, -0.2) is 18.1 Å². The lowest BCUT2D eigenvalue weighted by atomic mass is 10.0. The highest BCUT2D eigenvalue weighted by molar-refractivity contribution is 5.53. The van der Waals surface area contributed by atoms with Crippen molar-refractivity contribution in [3.63, 3.8) is 0 Å². The molecule has 3 N–H and O–H groups in total. The first kappa shape index (κ1) is 14.0. The van der Waals surface area contributed by atoms with Gasteiger partial charge in [-0.05, 0) is 36.8 Å². The third-order valence-corrected chi connectivity index (χ3v) is 3.77. The number of hydrogen-bond acceptors (Lipinski definition) is 4. The number of anilines is 2. The van der Waals surface area contributed by atoms with Gasteiger partial charge in [0.1, 0.15) is 5.82 Å². The molecular weight excluding hydrogens is 238 g/mol. The number of aromatic nitrogens is 1. The quantitative estimate of drug-likeness (QED) is 0.755. The molecule has 0 unspecified atom stereocenters. The highest BCUT2D eigenvalue weighted by Gasteiger charge is 2.22. The summed E-state index contributed by atoms with van der Waals surface area (Å²) in [6.45, 7) is 6.13. The second-order valence-corrected chi connectivity index (χ2v) is 5.41. The number of rotatable bonds is 8. The van der Waals surface area contributed by atoms with Crippen molar-refractivity contribution >= 4 is 11.5 Å². The topological polar surface area (TPSA) is 60.2 Å². The normalized spacial score (nSPS) is 14.7. The Morgan fingerprint density at radius 1 is 1.37 bits per heavy atom. The molecule has 0 spiro atoms. The fourth-order valence-electron chi connectivity index (χ4n) is 1.97. The Morgan fingerprint density at radius 2 is 2.11 bits per heavy atom. The van der Waals surface area contributed by atoms with Crippen molar-refractivity contribution in [3.8, 4) is 5.88 Å². The van der Waals surface area contributed by atoms with Crippen molar-refractivity contribution < 1.29 is 4.74 Å². The summed E-state index contributed by atoms with van der Waals surface area (Å²) in [7, 11) is 0. The molecule has 0 saturated heterocycles. The highest BCUT2D eigenvalue weighted by Crippen LogP contribution is 2.30. The van der Waals surface area contributed by atoms with Gasteiger partial charge in [0.05, 0.1) is 12.3 Å². The van der Waals surface area contributed by atoms with Gasteiger partial charge in [0.2, 0.25) is 5.88 Å². The van der Waals surface area contributed by atoms with E-state index in [1.54, 1.807) is 0 Å². The van der Waals surface area contributed by atoms with Crippen LogP contribution in [0.25, 0.3) is 0 Å². The van der Waals surface area contributed by atoms with E-state index in [1.807, 2.05) is 12.1 Å². The first-order valence-corrected chi connectivity index (χ1v) is 7.36. The molecule has 0 aliphatic heterocycles. The third kappa shape index (κ3) is 4.30. The molecule has 1 heterocycles. The SMILES string of the molecule is CCC(CC)CNc1ccc(N)c(OCC2CC2)n1. The number of pyridine rings is 1. The van der Waals surface area contributed by atoms with Gasteiger partial charge in [-0.3, -0.25) is 0 Å². The van der Waals surface area contributed by atoms with Crippen molar-refractivity contribution in [1.82, 2.24) is 4.98 Å². The predicted octanol–water partition coefficient (Wildman–Crippen LogP) is 3.30. The summed E-state index contributed by atoms with van der Waals surface area (Å²) in [5.74, 6) is 2.82. The third-order valence-electron chi connectivity index (χ3n) is 3.77. The molecule has 2 rings (SSSR count). The van der Waals surface area contributed by atoms with Crippen LogP contribution in [0.5, 0.6) is 5.88 Å². The van der Waals surface area contributed by atoms with Gasteiger partial charge in [-0.15, -0.1) is 0 Å². The zero-order valence-electron chi connectivity index (χ0n) is 12.0. The average molecular weight is 263 g/mol. The van der Waals surface area contributed by atoms with Crippen LogP contribution in [0.3, 0.4) is 0 Å². The van der Waals surface area contributed by atoms with E-state index in [-0.39, 0.29) is 0 Å². The van der Waals surface area contributed by atoms with Crippen LogP contribution >= 0.6 is 0 Å². The van der Waals surface area contributed by atoms with Crippen molar-refractivity contribution in [2.24, 2.45) is 11.8 Å². The van der Waals surface area contributed by atoms with Crippen molar-refractivity contribution in [1.29, 1.82) is 0 Å². The Hall–Kier alpha value is -1.45. The van der Waals surface area contributed by atoms with Crippen molar-refractivity contribution in [2.45, 2.75) is 39.5 Å². The molecule has 0 amide bonds. The van der Waals surface area contributed by atoms with Crippen molar-refractivity contribution in [2.75, 3.05) is 24.2 Å². The highest BCUT2D eigenvalue weighted by atomic mass is 16.5. The smallest absolute Gasteiger partial charge is 0.239 e. The summed E-state index contributed by atoms with van der Waals surface area (Å²) in [4.78, 5) is 4.45. The predicted molar refractivity (Wildman–Crippen MR) is 79.4 cm³/mol. The molecule has 0 atom stereocenters. The molecule has 1 aliphatic carbocycles. The minimum atomic E-state index is 0.571. The van der Waals surface area contributed by atoms with E-state index in [9.17, 15) is 0 Å². The van der Waals surface area contributed by atoms with Gasteiger partial charge in [-0.25, -0.2) is 0 Å². The second kappa shape index (κ2) is 6.64. The maximum absolute atomic E-state index is 5.89. The lowest BCUT2D eigenvalue weighted by molar-refractivity contribution is 0.290. The summed E-state index contributed by atoms with van der Waals surface area (Å²) >= 11 is 0. The van der Waals surface area contributed by atoms with Crippen LogP contribution in [0.1, 0.15) is 39.5 Å². The monoisotopic (exact) mass is 263 g/mol. The van der Waals surface area contributed by atoms with E-state index in [1.165, 1.54) is 25.7 Å². The Kier molecular flexibility index (Phi) is 4.88.